The Hall–Kier alpha value is -3.48. The predicted octanol–water partition coefficient (Wildman–Crippen LogP) is 3.11. The van der Waals surface area contributed by atoms with Gasteiger partial charge in [0.1, 0.15) is 34.0 Å². The zero-order valence-corrected chi connectivity index (χ0v) is 13.6. The molecule has 0 atom stereocenters. The van der Waals surface area contributed by atoms with Crippen LogP contribution in [0.25, 0.3) is 22.3 Å². The molecule has 26 heavy (non-hydrogen) atoms. The van der Waals surface area contributed by atoms with Crippen LogP contribution in [0.2, 0.25) is 0 Å². The molecule has 1 heterocycles. The van der Waals surface area contributed by atoms with Gasteiger partial charge in [-0.25, -0.2) is 0 Å². The van der Waals surface area contributed by atoms with Crippen molar-refractivity contribution < 1.29 is 29.3 Å². The van der Waals surface area contributed by atoms with Crippen molar-refractivity contribution >= 4 is 16.9 Å². The maximum Gasteiger partial charge on any atom is 0.303 e. The molecule has 0 spiro atoms. The van der Waals surface area contributed by atoms with Gasteiger partial charge in [0.25, 0.3) is 0 Å². The van der Waals surface area contributed by atoms with Crippen LogP contribution >= 0.6 is 0 Å². The fraction of sp³-hybridized carbons (Fsp3) is 0.158. The van der Waals surface area contributed by atoms with E-state index < -0.39 is 5.97 Å². The molecule has 3 aromatic rings. The minimum absolute atomic E-state index is 0.0592. The molecule has 0 aliphatic heterocycles. The van der Waals surface area contributed by atoms with Crippen LogP contribution in [0, 0.1) is 0 Å². The molecule has 7 nitrogen and oxygen atoms in total. The lowest BCUT2D eigenvalue weighted by Gasteiger charge is -2.10. The van der Waals surface area contributed by atoms with E-state index in [-0.39, 0.29) is 58.9 Å². The van der Waals surface area contributed by atoms with E-state index in [0.29, 0.717) is 5.56 Å². The molecule has 7 heteroatoms. The number of carboxylic acid groups (broad SMARTS) is 1. The molecule has 0 radical (unpaired) electrons. The molecule has 2 aromatic carbocycles. The average Bonchev–Trinajstić information content (AvgIpc) is 2.58. The number of hydrogen-bond acceptors (Lipinski definition) is 6. The number of hydrogen-bond donors (Lipinski definition) is 3. The Morgan fingerprint density at radius 1 is 1.04 bits per heavy atom. The third-order valence-corrected chi connectivity index (χ3v) is 3.72. The van der Waals surface area contributed by atoms with Crippen molar-refractivity contribution in [1.82, 2.24) is 0 Å². The van der Waals surface area contributed by atoms with Crippen molar-refractivity contribution in [2.24, 2.45) is 0 Å². The summed E-state index contributed by atoms with van der Waals surface area (Å²) in [6, 6.07) is 10.1. The van der Waals surface area contributed by atoms with E-state index >= 15 is 0 Å². The predicted molar refractivity (Wildman–Crippen MR) is 93.6 cm³/mol. The van der Waals surface area contributed by atoms with Crippen molar-refractivity contribution in [2.75, 3.05) is 6.61 Å². The van der Waals surface area contributed by atoms with Gasteiger partial charge in [0.2, 0.25) is 0 Å². The molecule has 0 unspecified atom stereocenters. The van der Waals surface area contributed by atoms with Gasteiger partial charge in [-0.15, -0.1) is 0 Å². The van der Waals surface area contributed by atoms with Gasteiger partial charge in [0.15, 0.2) is 5.43 Å². The fourth-order valence-electron chi connectivity index (χ4n) is 2.53. The Balaban J connectivity index is 1.99. The lowest BCUT2D eigenvalue weighted by molar-refractivity contribution is -0.137. The van der Waals surface area contributed by atoms with Gasteiger partial charge in [-0.1, -0.05) is 0 Å². The van der Waals surface area contributed by atoms with Crippen LogP contribution in [0.3, 0.4) is 0 Å². The van der Waals surface area contributed by atoms with Crippen LogP contribution in [0.1, 0.15) is 12.8 Å². The minimum Gasteiger partial charge on any atom is -0.508 e. The molecular formula is C19H16O7. The summed E-state index contributed by atoms with van der Waals surface area (Å²) in [6.45, 7) is 0.0873. The number of phenolic OH excluding ortho intramolecular Hbond substituents is 2. The topological polar surface area (TPSA) is 117 Å². The first kappa shape index (κ1) is 17.3. The summed E-state index contributed by atoms with van der Waals surface area (Å²) in [6.07, 6.45) is 0.208. The second-order valence-electron chi connectivity index (χ2n) is 5.68. The Morgan fingerprint density at radius 3 is 2.46 bits per heavy atom. The van der Waals surface area contributed by atoms with Gasteiger partial charge < -0.3 is 24.5 Å². The normalized spacial score (nSPS) is 10.8. The minimum atomic E-state index is -0.938. The summed E-state index contributed by atoms with van der Waals surface area (Å²) in [5.41, 5.74) is 0.380. The lowest BCUT2D eigenvalue weighted by atomic mass is 10.1. The van der Waals surface area contributed by atoms with E-state index in [0.717, 1.165) is 0 Å². The largest absolute Gasteiger partial charge is 0.508 e. The Morgan fingerprint density at radius 2 is 1.77 bits per heavy atom. The summed E-state index contributed by atoms with van der Waals surface area (Å²) in [5.74, 6) is -0.572. The molecule has 3 N–H and O–H groups in total. The molecular weight excluding hydrogens is 340 g/mol. The van der Waals surface area contributed by atoms with Crippen molar-refractivity contribution in [2.45, 2.75) is 12.8 Å². The van der Waals surface area contributed by atoms with Gasteiger partial charge in [-0.2, -0.15) is 0 Å². The Bertz CT molecular complexity index is 1000. The fourth-order valence-corrected chi connectivity index (χ4v) is 2.53. The van der Waals surface area contributed by atoms with E-state index in [1.165, 1.54) is 30.3 Å². The number of phenols is 2. The number of carbonyl (C=O) groups is 1. The first-order chi connectivity index (χ1) is 12.4. The van der Waals surface area contributed by atoms with E-state index in [2.05, 4.69) is 0 Å². The van der Waals surface area contributed by atoms with Crippen molar-refractivity contribution in [3.8, 4) is 28.6 Å². The van der Waals surface area contributed by atoms with Crippen molar-refractivity contribution in [3.05, 3.63) is 52.7 Å². The number of aliphatic carboxylic acids is 1. The van der Waals surface area contributed by atoms with Crippen LogP contribution in [-0.4, -0.2) is 27.9 Å². The third kappa shape index (κ3) is 3.77. The highest BCUT2D eigenvalue weighted by molar-refractivity contribution is 5.86. The standard InChI is InChI=1S/C19H16O7/c20-12-5-3-11(4-6-12)15-10-14(22)19-16(25-7-1-2-18(23)24)8-13(21)9-17(19)26-15/h3-6,8-10,20-21H,1-2,7H2,(H,23,24). The molecule has 134 valence electrons. The Kier molecular flexibility index (Phi) is 4.79. The summed E-state index contributed by atoms with van der Waals surface area (Å²) >= 11 is 0. The number of aromatic hydroxyl groups is 2. The highest BCUT2D eigenvalue weighted by Gasteiger charge is 2.14. The molecule has 0 fully saturated rings. The molecule has 0 saturated carbocycles. The van der Waals surface area contributed by atoms with Gasteiger partial charge in [0.05, 0.1) is 6.61 Å². The molecule has 0 saturated heterocycles. The summed E-state index contributed by atoms with van der Waals surface area (Å²) in [4.78, 5) is 23.1. The maximum atomic E-state index is 12.5. The number of carboxylic acids is 1. The second-order valence-corrected chi connectivity index (χ2v) is 5.68. The van der Waals surface area contributed by atoms with Crippen LogP contribution in [-0.2, 0) is 4.79 Å². The maximum absolute atomic E-state index is 12.5. The highest BCUT2D eigenvalue weighted by Crippen LogP contribution is 2.31. The van der Waals surface area contributed by atoms with Gasteiger partial charge in [-0.3, -0.25) is 9.59 Å². The smallest absolute Gasteiger partial charge is 0.303 e. The van der Waals surface area contributed by atoms with Gasteiger partial charge in [0, 0.05) is 30.2 Å². The SMILES string of the molecule is O=C(O)CCCOc1cc(O)cc2oc(-c3ccc(O)cc3)cc(=O)c12. The van der Waals surface area contributed by atoms with Crippen LogP contribution < -0.4 is 10.2 Å². The number of rotatable bonds is 6. The number of benzene rings is 2. The first-order valence-corrected chi connectivity index (χ1v) is 7.89. The Labute approximate surface area is 147 Å². The van der Waals surface area contributed by atoms with E-state index in [9.17, 15) is 19.8 Å². The monoisotopic (exact) mass is 356 g/mol. The zero-order chi connectivity index (χ0) is 18.7. The van der Waals surface area contributed by atoms with Crippen LogP contribution in [0.5, 0.6) is 17.2 Å². The lowest BCUT2D eigenvalue weighted by Crippen LogP contribution is -2.06. The average molecular weight is 356 g/mol. The molecule has 0 aliphatic rings. The quantitative estimate of drug-likeness (QED) is 0.581. The summed E-state index contributed by atoms with van der Waals surface area (Å²) in [7, 11) is 0. The first-order valence-electron chi connectivity index (χ1n) is 7.89. The second kappa shape index (κ2) is 7.18. The number of ether oxygens (including phenoxy) is 1. The third-order valence-electron chi connectivity index (χ3n) is 3.72. The molecule has 0 amide bonds. The number of fused-ring (bicyclic) bond motifs is 1. The highest BCUT2D eigenvalue weighted by atomic mass is 16.5. The van der Waals surface area contributed by atoms with Gasteiger partial charge in [-0.05, 0) is 30.7 Å². The molecule has 0 bridgehead atoms. The van der Waals surface area contributed by atoms with Crippen LogP contribution in [0.4, 0.5) is 0 Å². The molecule has 1 aromatic heterocycles. The van der Waals surface area contributed by atoms with Crippen molar-refractivity contribution in [1.29, 1.82) is 0 Å². The van der Waals surface area contributed by atoms with Crippen LogP contribution in [0.15, 0.2) is 51.7 Å². The molecule has 3 rings (SSSR count). The van der Waals surface area contributed by atoms with E-state index in [1.54, 1.807) is 12.1 Å². The van der Waals surface area contributed by atoms with Gasteiger partial charge >= 0.3 is 5.97 Å². The summed E-state index contributed by atoms with van der Waals surface area (Å²) in [5, 5.41) is 28.1. The summed E-state index contributed by atoms with van der Waals surface area (Å²) < 4.78 is 11.2. The zero-order valence-electron chi connectivity index (χ0n) is 13.6. The van der Waals surface area contributed by atoms with E-state index in [1.807, 2.05) is 0 Å². The molecule has 0 aliphatic carbocycles. The van der Waals surface area contributed by atoms with Crippen molar-refractivity contribution in [3.63, 3.8) is 0 Å². The van der Waals surface area contributed by atoms with E-state index in [4.69, 9.17) is 14.3 Å².